The van der Waals surface area contributed by atoms with Gasteiger partial charge in [-0.1, -0.05) is 11.6 Å². The maximum atomic E-state index is 14.0. The van der Waals surface area contributed by atoms with Gasteiger partial charge >= 0.3 is 6.55 Å². The van der Waals surface area contributed by atoms with Crippen LogP contribution < -0.4 is 20.5 Å². The van der Waals surface area contributed by atoms with Crippen LogP contribution >= 0.6 is 11.6 Å². The SMILES string of the molecule is COc1cc(C(=O)NC[C@](O)(c2cc3c(c(-c4ccc(F)c(Cl)c4)n2)OC[C@]3(C)C(N)=O)C2CC2)cc2cn(C(F)F)nc12. The van der Waals surface area contributed by atoms with Crippen molar-refractivity contribution in [1.29, 1.82) is 0 Å². The molecule has 0 bridgehead atoms. The number of nitrogens with one attached hydrogen (secondary N) is 1. The number of hydrogen-bond donors (Lipinski definition) is 3. The minimum absolute atomic E-state index is 0.0736. The summed E-state index contributed by atoms with van der Waals surface area (Å²) in [4.78, 5) is 30.6. The molecule has 14 heteroatoms. The Bertz CT molecular complexity index is 1830. The van der Waals surface area contributed by atoms with E-state index < -0.39 is 35.2 Å². The molecule has 0 unspecified atom stereocenters. The number of alkyl halides is 2. The van der Waals surface area contributed by atoms with Crippen LogP contribution in [0.15, 0.2) is 42.6 Å². The lowest BCUT2D eigenvalue weighted by atomic mass is 9.81. The minimum atomic E-state index is -2.88. The summed E-state index contributed by atoms with van der Waals surface area (Å²) >= 11 is 6.06. The van der Waals surface area contributed by atoms with E-state index in [1.165, 1.54) is 37.4 Å². The Hall–Kier alpha value is -4.36. The molecular weight excluding hydrogens is 603 g/mol. The van der Waals surface area contributed by atoms with Gasteiger partial charge in [0.15, 0.2) is 0 Å². The molecule has 230 valence electrons. The molecule has 2 aromatic heterocycles. The van der Waals surface area contributed by atoms with Crippen molar-refractivity contribution in [3.8, 4) is 22.8 Å². The first-order valence-corrected chi connectivity index (χ1v) is 14.0. The molecule has 2 aliphatic rings. The van der Waals surface area contributed by atoms with E-state index in [0.717, 1.165) is 6.20 Å². The highest BCUT2D eigenvalue weighted by Crippen LogP contribution is 2.50. The topological polar surface area (TPSA) is 142 Å². The average Bonchev–Trinajstić information content (AvgIpc) is 3.68. The summed E-state index contributed by atoms with van der Waals surface area (Å²) in [6, 6.07) is 8.31. The fraction of sp³-hybridized carbons (Fsp3) is 0.333. The Balaban J connectivity index is 1.39. The van der Waals surface area contributed by atoms with Crippen molar-refractivity contribution < 1.29 is 37.3 Å². The fourth-order valence-corrected chi connectivity index (χ4v) is 5.66. The molecule has 1 saturated carbocycles. The Kier molecular flexibility index (Phi) is 7.20. The first-order chi connectivity index (χ1) is 20.9. The van der Waals surface area contributed by atoms with Crippen LogP contribution in [-0.2, 0) is 15.8 Å². The number of benzene rings is 2. The molecule has 2 aromatic carbocycles. The highest BCUT2D eigenvalue weighted by Gasteiger charge is 2.50. The molecule has 1 aliphatic carbocycles. The summed E-state index contributed by atoms with van der Waals surface area (Å²) in [7, 11) is 1.33. The van der Waals surface area contributed by atoms with Gasteiger partial charge in [0, 0.05) is 28.3 Å². The Labute approximate surface area is 253 Å². The van der Waals surface area contributed by atoms with Crippen molar-refractivity contribution in [2.45, 2.75) is 37.3 Å². The van der Waals surface area contributed by atoms with Gasteiger partial charge in [-0.15, -0.1) is 0 Å². The molecule has 0 radical (unpaired) electrons. The lowest BCUT2D eigenvalue weighted by Crippen LogP contribution is -2.44. The summed E-state index contributed by atoms with van der Waals surface area (Å²) in [5, 5.41) is 18.8. The van der Waals surface area contributed by atoms with Crippen molar-refractivity contribution in [2.24, 2.45) is 11.7 Å². The normalized spacial score (nSPS) is 19.0. The van der Waals surface area contributed by atoms with E-state index in [0.29, 0.717) is 28.7 Å². The van der Waals surface area contributed by atoms with Crippen molar-refractivity contribution in [1.82, 2.24) is 20.1 Å². The Morgan fingerprint density at radius 1 is 1.30 bits per heavy atom. The van der Waals surface area contributed by atoms with Crippen molar-refractivity contribution in [3.05, 3.63) is 70.3 Å². The smallest absolute Gasteiger partial charge is 0.333 e. The molecule has 44 heavy (non-hydrogen) atoms. The van der Waals surface area contributed by atoms with Crippen molar-refractivity contribution in [2.75, 3.05) is 20.3 Å². The number of methoxy groups -OCH3 is 1. The van der Waals surface area contributed by atoms with Gasteiger partial charge in [-0.25, -0.2) is 14.1 Å². The Morgan fingerprint density at radius 2 is 2.05 bits per heavy atom. The van der Waals surface area contributed by atoms with Gasteiger partial charge in [0.05, 0.1) is 24.4 Å². The molecule has 6 rings (SSSR count). The third-order valence-electron chi connectivity index (χ3n) is 8.30. The number of fused-ring (bicyclic) bond motifs is 2. The number of carbonyl (C=O) groups excluding carboxylic acids is 2. The third-order valence-corrected chi connectivity index (χ3v) is 8.59. The second-order valence-corrected chi connectivity index (χ2v) is 11.6. The van der Waals surface area contributed by atoms with Crippen LogP contribution in [0.25, 0.3) is 22.2 Å². The number of primary amides is 1. The molecule has 1 fully saturated rings. The number of aliphatic hydroxyl groups is 1. The Morgan fingerprint density at radius 3 is 2.68 bits per heavy atom. The van der Waals surface area contributed by atoms with E-state index in [2.05, 4.69) is 10.4 Å². The highest BCUT2D eigenvalue weighted by atomic mass is 35.5. The number of carbonyl (C=O) groups is 2. The van der Waals surface area contributed by atoms with Crippen LogP contribution in [0, 0.1) is 11.7 Å². The largest absolute Gasteiger partial charge is 0.494 e. The molecule has 4 N–H and O–H groups in total. The molecule has 0 saturated heterocycles. The summed E-state index contributed by atoms with van der Waals surface area (Å²) < 4.78 is 52.1. The highest BCUT2D eigenvalue weighted by molar-refractivity contribution is 6.31. The molecule has 0 spiro atoms. The maximum absolute atomic E-state index is 14.0. The molecule has 1 aliphatic heterocycles. The minimum Gasteiger partial charge on any atom is -0.494 e. The zero-order valence-electron chi connectivity index (χ0n) is 23.5. The maximum Gasteiger partial charge on any atom is 0.333 e. The molecule has 2 atom stereocenters. The van der Waals surface area contributed by atoms with Gasteiger partial charge in [-0.05, 0) is 62.1 Å². The van der Waals surface area contributed by atoms with Gasteiger partial charge in [-0.3, -0.25) is 9.59 Å². The third kappa shape index (κ3) is 4.89. The first kappa shape index (κ1) is 29.7. The van der Waals surface area contributed by atoms with E-state index in [4.69, 9.17) is 31.8 Å². The van der Waals surface area contributed by atoms with Gasteiger partial charge in [0.2, 0.25) is 5.91 Å². The van der Waals surface area contributed by atoms with Crippen LogP contribution in [-0.4, -0.2) is 51.9 Å². The quantitative estimate of drug-likeness (QED) is 0.248. The van der Waals surface area contributed by atoms with Gasteiger partial charge < -0.3 is 25.6 Å². The number of ether oxygens (including phenoxy) is 2. The second-order valence-electron chi connectivity index (χ2n) is 11.2. The number of aromatic nitrogens is 3. The lowest BCUT2D eigenvalue weighted by Gasteiger charge is -2.30. The number of halogens is 4. The molecule has 2 amide bonds. The van der Waals surface area contributed by atoms with Crippen LogP contribution in [0.4, 0.5) is 13.2 Å². The fourth-order valence-electron chi connectivity index (χ4n) is 5.48. The van der Waals surface area contributed by atoms with Crippen LogP contribution in [0.3, 0.4) is 0 Å². The number of nitrogens with zero attached hydrogens (tertiary/aromatic N) is 3. The summed E-state index contributed by atoms with van der Waals surface area (Å²) in [6.07, 6.45) is 2.38. The van der Waals surface area contributed by atoms with Gasteiger partial charge in [0.25, 0.3) is 5.91 Å². The number of rotatable bonds is 9. The first-order valence-electron chi connectivity index (χ1n) is 13.7. The predicted octanol–water partition coefficient (Wildman–Crippen LogP) is 4.46. The summed E-state index contributed by atoms with van der Waals surface area (Å²) in [6.45, 7) is -1.62. The lowest BCUT2D eigenvalue weighted by molar-refractivity contribution is -0.123. The zero-order valence-corrected chi connectivity index (χ0v) is 24.3. The van der Waals surface area contributed by atoms with E-state index in [1.807, 2.05) is 0 Å². The van der Waals surface area contributed by atoms with Gasteiger partial charge in [-0.2, -0.15) is 13.9 Å². The van der Waals surface area contributed by atoms with Crippen LogP contribution in [0.2, 0.25) is 5.02 Å². The molecule has 10 nitrogen and oxygen atoms in total. The van der Waals surface area contributed by atoms with Crippen molar-refractivity contribution >= 4 is 34.3 Å². The average molecular weight is 630 g/mol. The standard InChI is InChI=1S/C30H27ClF3N5O5/c1-29(27(35)41)13-44-25-18(29)10-22(37-24(25)14-3-6-20(32)19(31)8-14)30(42,17-4-5-17)12-36-26(40)15-7-16-11-39(28(33)34)38-23(16)21(9-15)43-2/h3,6-11,17,28,42H,4-5,12-13H2,1-2H3,(H2,35,41)(H,36,40)/t29-,30+/m0/s1. The second kappa shape index (κ2) is 10.7. The summed E-state index contributed by atoms with van der Waals surface area (Å²) in [5.74, 6) is -1.81. The monoisotopic (exact) mass is 629 g/mol. The summed E-state index contributed by atoms with van der Waals surface area (Å²) in [5.41, 5.74) is 4.22. The van der Waals surface area contributed by atoms with Gasteiger partial charge in [0.1, 0.15) is 46.1 Å². The van der Waals surface area contributed by atoms with Crippen LogP contribution in [0.5, 0.6) is 11.5 Å². The number of nitrogens with two attached hydrogens (primary N) is 1. The van der Waals surface area contributed by atoms with E-state index in [9.17, 15) is 27.9 Å². The predicted molar refractivity (Wildman–Crippen MR) is 153 cm³/mol. The van der Waals surface area contributed by atoms with E-state index >= 15 is 0 Å². The molecular formula is C30H27ClF3N5O5. The molecule has 4 aromatic rings. The van der Waals surface area contributed by atoms with E-state index in [-0.39, 0.29) is 63.4 Å². The van der Waals surface area contributed by atoms with Crippen molar-refractivity contribution in [3.63, 3.8) is 0 Å². The van der Waals surface area contributed by atoms with E-state index in [1.54, 1.807) is 13.0 Å². The molecule has 3 heterocycles. The number of amides is 2. The van der Waals surface area contributed by atoms with Crippen LogP contribution in [0.1, 0.15) is 47.9 Å². The number of pyridine rings is 1. The zero-order chi connectivity index (χ0) is 31.6. The number of hydrogen-bond acceptors (Lipinski definition) is 7.